The third kappa shape index (κ3) is 4.41. The van der Waals surface area contributed by atoms with Gasteiger partial charge >= 0.3 is 5.97 Å². The summed E-state index contributed by atoms with van der Waals surface area (Å²) in [6.07, 6.45) is 1.11. The van der Waals surface area contributed by atoms with E-state index in [-0.39, 0.29) is 29.6 Å². The fourth-order valence-electron chi connectivity index (χ4n) is 2.14. The van der Waals surface area contributed by atoms with Gasteiger partial charge in [-0.25, -0.2) is 9.37 Å². The molecule has 2 rings (SSSR count). The van der Waals surface area contributed by atoms with Crippen molar-refractivity contribution in [3.8, 4) is 11.5 Å². The number of carbonyl (C=O) groups excluding carboxylic acids is 1. The van der Waals surface area contributed by atoms with Gasteiger partial charge in [0.15, 0.2) is 5.69 Å². The zero-order valence-corrected chi connectivity index (χ0v) is 14.7. The van der Waals surface area contributed by atoms with Crippen LogP contribution in [0, 0.1) is 11.7 Å². The predicted octanol–water partition coefficient (Wildman–Crippen LogP) is 3.43. The van der Waals surface area contributed by atoms with Crippen LogP contribution in [0.4, 0.5) is 4.39 Å². The molecule has 0 atom stereocenters. The van der Waals surface area contributed by atoms with Crippen molar-refractivity contribution in [1.29, 1.82) is 0 Å². The highest BCUT2D eigenvalue weighted by molar-refractivity contribution is 9.10. The predicted molar refractivity (Wildman–Crippen MR) is 88.0 cm³/mol. The number of aromatic nitrogens is 1. The standard InChI is InChI=1S/C16H16BrFN2O4/c1-9(2)6-20(7-14(21)22)16(23)13-8-24-15(19-13)11-4-3-10(17)5-12(11)18/h3-5,8-9H,6-7H2,1-2H3,(H,21,22). The highest BCUT2D eigenvalue weighted by atomic mass is 79.9. The molecule has 1 heterocycles. The Labute approximate surface area is 146 Å². The Hall–Kier alpha value is -2.22. The number of carbonyl (C=O) groups is 2. The smallest absolute Gasteiger partial charge is 0.323 e. The lowest BCUT2D eigenvalue weighted by molar-refractivity contribution is -0.137. The third-order valence-corrected chi connectivity index (χ3v) is 3.58. The van der Waals surface area contributed by atoms with E-state index in [0.29, 0.717) is 4.47 Å². The lowest BCUT2D eigenvalue weighted by Crippen LogP contribution is -2.38. The summed E-state index contributed by atoms with van der Waals surface area (Å²) in [6.45, 7) is 3.56. The highest BCUT2D eigenvalue weighted by Crippen LogP contribution is 2.25. The van der Waals surface area contributed by atoms with Gasteiger partial charge in [-0.15, -0.1) is 0 Å². The first-order chi connectivity index (χ1) is 11.3. The maximum atomic E-state index is 13.9. The van der Waals surface area contributed by atoms with Crippen LogP contribution in [0.5, 0.6) is 0 Å². The Morgan fingerprint density at radius 1 is 1.42 bits per heavy atom. The van der Waals surface area contributed by atoms with Crippen molar-refractivity contribution in [2.45, 2.75) is 13.8 Å². The lowest BCUT2D eigenvalue weighted by atomic mass is 10.2. The fourth-order valence-corrected chi connectivity index (χ4v) is 2.48. The normalized spacial score (nSPS) is 10.9. The third-order valence-electron chi connectivity index (χ3n) is 3.08. The van der Waals surface area contributed by atoms with Gasteiger partial charge in [-0.1, -0.05) is 29.8 Å². The van der Waals surface area contributed by atoms with Crippen molar-refractivity contribution in [1.82, 2.24) is 9.88 Å². The van der Waals surface area contributed by atoms with Crippen LogP contribution in [-0.4, -0.2) is 40.0 Å². The number of carboxylic acid groups (broad SMARTS) is 1. The number of benzene rings is 1. The average molecular weight is 399 g/mol. The molecule has 0 aliphatic rings. The van der Waals surface area contributed by atoms with Crippen LogP contribution in [0.2, 0.25) is 0 Å². The van der Waals surface area contributed by atoms with E-state index in [0.717, 1.165) is 6.26 Å². The summed E-state index contributed by atoms with van der Waals surface area (Å²) in [5, 5.41) is 8.95. The minimum Gasteiger partial charge on any atom is -0.480 e. The number of hydrogen-bond acceptors (Lipinski definition) is 4. The molecule has 1 N–H and O–H groups in total. The van der Waals surface area contributed by atoms with Gasteiger partial charge in [-0.3, -0.25) is 9.59 Å². The number of halogens is 2. The average Bonchev–Trinajstić information content (AvgIpc) is 2.94. The fraction of sp³-hybridized carbons (Fsp3) is 0.312. The minimum atomic E-state index is -1.12. The van der Waals surface area contributed by atoms with Gasteiger partial charge in [-0.2, -0.15) is 0 Å². The van der Waals surface area contributed by atoms with Crippen molar-refractivity contribution < 1.29 is 23.5 Å². The molecule has 0 bridgehead atoms. The van der Waals surface area contributed by atoms with Gasteiger partial charge in [0.05, 0.1) is 5.56 Å². The van der Waals surface area contributed by atoms with E-state index in [4.69, 9.17) is 9.52 Å². The number of carboxylic acids is 1. The number of aliphatic carboxylic acids is 1. The Bertz CT molecular complexity index is 760. The van der Waals surface area contributed by atoms with Crippen LogP contribution >= 0.6 is 15.9 Å². The summed E-state index contributed by atoms with van der Waals surface area (Å²) in [7, 11) is 0. The van der Waals surface area contributed by atoms with E-state index in [1.54, 1.807) is 6.07 Å². The van der Waals surface area contributed by atoms with Gasteiger partial charge < -0.3 is 14.4 Å². The Morgan fingerprint density at radius 2 is 2.12 bits per heavy atom. The Morgan fingerprint density at radius 3 is 2.71 bits per heavy atom. The van der Waals surface area contributed by atoms with E-state index in [9.17, 15) is 14.0 Å². The summed E-state index contributed by atoms with van der Waals surface area (Å²) in [6, 6.07) is 4.36. The molecular weight excluding hydrogens is 383 g/mol. The maximum absolute atomic E-state index is 13.9. The van der Waals surface area contributed by atoms with Crippen molar-refractivity contribution in [2.75, 3.05) is 13.1 Å². The van der Waals surface area contributed by atoms with Crippen molar-refractivity contribution in [3.05, 3.63) is 40.4 Å². The molecule has 0 aliphatic carbocycles. The molecule has 1 aromatic carbocycles. The minimum absolute atomic E-state index is 0.0387. The van der Waals surface area contributed by atoms with Gasteiger partial charge in [0.1, 0.15) is 18.6 Å². The molecule has 0 fully saturated rings. The number of hydrogen-bond donors (Lipinski definition) is 1. The first-order valence-electron chi connectivity index (χ1n) is 7.20. The van der Waals surface area contributed by atoms with Gasteiger partial charge in [0.25, 0.3) is 5.91 Å². The molecule has 0 radical (unpaired) electrons. The van der Waals surface area contributed by atoms with Crippen LogP contribution in [0.3, 0.4) is 0 Å². The van der Waals surface area contributed by atoms with Crippen LogP contribution < -0.4 is 0 Å². The zero-order chi connectivity index (χ0) is 17.9. The monoisotopic (exact) mass is 398 g/mol. The Balaban J connectivity index is 2.27. The van der Waals surface area contributed by atoms with Gasteiger partial charge in [0.2, 0.25) is 5.89 Å². The number of oxazole rings is 1. The summed E-state index contributed by atoms with van der Waals surface area (Å²) in [4.78, 5) is 28.6. The van der Waals surface area contributed by atoms with Crippen LogP contribution in [0.25, 0.3) is 11.5 Å². The molecule has 24 heavy (non-hydrogen) atoms. The number of amides is 1. The first kappa shape index (κ1) is 18.1. The van der Waals surface area contributed by atoms with Gasteiger partial charge in [-0.05, 0) is 24.1 Å². The summed E-state index contributed by atoms with van der Waals surface area (Å²) in [5.74, 6) is -2.19. The van der Waals surface area contributed by atoms with E-state index in [1.165, 1.54) is 17.0 Å². The molecule has 0 aliphatic heterocycles. The molecular formula is C16H16BrFN2O4. The van der Waals surface area contributed by atoms with Crippen molar-refractivity contribution in [3.63, 3.8) is 0 Å². The first-order valence-corrected chi connectivity index (χ1v) is 7.99. The van der Waals surface area contributed by atoms with E-state index in [1.807, 2.05) is 13.8 Å². The van der Waals surface area contributed by atoms with Gasteiger partial charge in [0, 0.05) is 11.0 Å². The lowest BCUT2D eigenvalue weighted by Gasteiger charge is -2.21. The molecule has 1 amide bonds. The van der Waals surface area contributed by atoms with Crippen LogP contribution in [-0.2, 0) is 4.79 Å². The van der Waals surface area contributed by atoms with Crippen LogP contribution in [0.1, 0.15) is 24.3 Å². The molecule has 1 aromatic heterocycles. The Kier molecular flexibility index (Phi) is 5.71. The summed E-state index contributed by atoms with van der Waals surface area (Å²) in [5.41, 5.74) is 0.0557. The second-order valence-electron chi connectivity index (χ2n) is 5.64. The SMILES string of the molecule is CC(C)CN(CC(=O)O)C(=O)c1coc(-c2ccc(Br)cc2F)n1. The molecule has 0 unspecified atom stereocenters. The molecule has 0 spiro atoms. The molecule has 6 nitrogen and oxygen atoms in total. The zero-order valence-electron chi connectivity index (χ0n) is 13.1. The van der Waals surface area contributed by atoms with Crippen molar-refractivity contribution in [2.24, 2.45) is 5.92 Å². The summed E-state index contributed by atoms with van der Waals surface area (Å²) < 4.78 is 19.7. The largest absolute Gasteiger partial charge is 0.480 e. The number of rotatable bonds is 6. The quantitative estimate of drug-likeness (QED) is 0.805. The molecule has 128 valence electrons. The molecule has 0 saturated carbocycles. The second kappa shape index (κ2) is 7.57. The topological polar surface area (TPSA) is 83.6 Å². The molecule has 2 aromatic rings. The highest BCUT2D eigenvalue weighted by Gasteiger charge is 2.23. The number of nitrogens with zero attached hydrogens (tertiary/aromatic N) is 2. The van der Waals surface area contributed by atoms with E-state index in [2.05, 4.69) is 20.9 Å². The van der Waals surface area contributed by atoms with Crippen LogP contribution in [0.15, 0.2) is 33.4 Å². The molecule has 0 saturated heterocycles. The van der Waals surface area contributed by atoms with E-state index >= 15 is 0 Å². The second-order valence-corrected chi connectivity index (χ2v) is 6.55. The van der Waals surface area contributed by atoms with Crippen molar-refractivity contribution >= 4 is 27.8 Å². The van der Waals surface area contributed by atoms with E-state index < -0.39 is 24.2 Å². The molecule has 8 heteroatoms. The maximum Gasteiger partial charge on any atom is 0.323 e. The summed E-state index contributed by atoms with van der Waals surface area (Å²) >= 11 is 3.15.